The lowest BCUT2D eigenvalue weighted by Gasteiger charge is -2.11. The molecule has 5 nitrogen and oxygen atoms in total. The van der Waals surface area contributed by atoms with E-state index in [2.05, 4.69) is 9.55 Å². The molecule has 0 aliphatic carbocycles. The van der Waals surface area contributed by atoms with Crippen LogP contribution in [0.3, 0.4) is 0 Å². The Morgan fingerprint density at radius 3 is 2.85 bits per heavy atom. The summed E-state index contributed by atoms with van der Waals surface area (Å²) in [4.78, 5) is 14.9. The van der Waals surface area contributed by atoms with Gasteiger partial charge in [0.15, 0.2) is 11.5 Å². The van der Waals surface area contributed by atoms with Crippen LogP contribution in [0.25, 0.3) is 0 Å². The van der Waals surface area contributed by atoms with Crippen LogP contribution in [0.4, 0.5) is 0 Å². The maximum atomic E-state index is 10.8. The molecule has 1 heterocycles. The number of imidazole rings is 1. The number of aldehydes is 1. The fraction of sp³-hybridized carbons (Fsp3) is 0.333. The molecule has 0 radical (unpaired) electrons. The summed E-state index contributed by atoms with van der Waals surface area (Å²) in [7, 11) is 1.58. The Labute approximate surface area is 118 Å². The van der Waals surface area contributed by atoms with Gasteiger partial charge < -0.3 is 14.0 Å². The molecule has 0 aliphatic rings. The Balaban J connectivity index is 1.90. The lowest BCUT2D eigenvalue weighted by molar-refractivity contribution is 0.112. The van der Waals surface area contributed by atoms with Crippen LogP contribution < -0.4 is 9.47 Å². The van der Waals surface area contributed by atoms with E-state index in [0.29, 0.717) is 23.7 Å². The third kappa shape index (κ3) is 3.38. The molecular formula is C15H18N2O3. The molecule has 20 heavy (non-hydrogen) atoms. The molecule has 2 aromatic rings. The fourth-order valence-corrected chi connectivity index (χ4v) is 1.94. The number of aromatic nitrogens is 2. The van der Waals surface area contributed by atoms with Crippen molar-refractivity contribution in [3.8, 4) is 11.5 Å². The second kappa shape index (κ2) is 6.75. The standard InChI is InChI=1S/C15H18N2O3/c1-12-16-6-8-17(12)7-3-9-20-15-10-13(11-18)4-5-14(15)19-2/h4-6,8,10-11H,3,7,9H2,1-2H3. The van der Waals surface area contributed by atoms with Gasteiger partial charge in [0, 0.05) is 24.5 Å². The molecular weight excluding hydrogens is 256 g/mol. The zero-order chi connectivity index (χ0) is 14.4. The maximum Gasteiger partial charge on any atom is 0.161 e. The lowest BCUT2D eigenvalue weighted by Crippen LogP contribution is -2.06. The molecule has 0 saturated carbocycles. The van der Waals surface area contributed by atoms with Crippen LogP contribution >= 0.6 is 0 Å². The number of rotatable bonds is 7. The van der Waals surface area contributed by atoms with Crippen LogP contribution in [-0.4, -0.2) is 29.6 Å². The van der Waals surface area contributed by atoms with Gasteiger partial charge in [0.2, 0.25) is 0 Å². The number of carbonyl (C=O) groups excluding carboxylic acids is 1. The minimum atomic E-state index is 0.552. The number of benzene rings is 1. The van der Waals surface area contributed by atoms with E-state index < -0.39 is 0 Å². The highest BCUT2D eigenvalue weighted by Crippen LogP contribution is 2.27. The van der Waals surface area contributed by atoms with E-state index in [1.165, 1.54) is 0 Å². The monoisotopic (exact) mass is 274 g/mol. The van der Waals surface area contributed by atoms with Crippen molar-refractivity contribution in [1.29, 1.82) is 0 Å². The predicted octanol–water partition coefficient (Wildman–Crippen LogP) is 2.48. The van der Waals surface area contributed by atoms with Gasteiger partial charge >= 0.3 is 0 Å². The number of carbonyl (C=O) groups is 1. The van der Waals surface area contributed by atoms with E-state index in [1.54, 1.807) is 31.5 Å². The molecule has 0 saturated heterocycles. The SMILES string of the molecule is COc1ccc(C=O)cc1OCCCn1ccnc1C. The molecule has 0 N–H and O–H groups in total. The van der Waals surface area contributed by atoms with Crippen LogP contribution in [-0.2, 0) is 6.54 Å². The maximum absolute atomic E-state index is 10.8. The molecule has 1 aromatic heterocycles. The number of ether oxygens (including phenoxy) is 2. The molecule has 0 spiro atoms. The molecule has 0 bridgehead atoms. The molecule has 0 unspecified atom stereocenters. The van der Waals surface area contributed by atoms with Crippen LogP contribution in [0.15, 0.2) is 30.6 Å². The number of hydrogen-bond acceptors (Lipinski definition) is 4. The van der Waals surface area contributed by atoms with Crippen molar-refractivity contribution in [3.05, 3.63) is 42.0 Å². The average Bonchev–Trinajstić information content (AvgIpc) is 2.88. The third-order valence-electron chi connectivity index (χ3n) is 3.05. The molecule has 0 fully saturated rings. The van der Waals surface area contributed by atoms with E-state index in [4.69, 9.17) is 9.47 Å². The Morgan fingerprint density at radius 1 is 1.35 bits per heavy atom. The summed E-state index contributed by atoms with van der Waals surface area (Å²) in [6.07, 6.45) is 5.38. The molecule has 0 atom stereocenters. The van der Waals surface area contributed by atoms with Crippen molar-refractivity contribution >= 4 is 6.29 Å². The van der Waals surface area contributed by atoms with Crippen LogP contribution in [0, 0.1) is 6.92 Å². The van der Waals surface area contributed by atoms with Crippen molar-refractivity contribution in [3.63, 3.8) is 0 Å². The van der Waals surface area contributed by atoms with Crippen LogP contribution in [0.2, 0.25) is 0 Å². The smallest absolute Gasteiger partial charge is 0.161 e. The van der Waals surface area contributed by atoms with E-state index in [9.17, 15) is 4.79 Å². The minimum Gasteiger partial charge on any atom is -0.493 e. The lowest BCUT2D eigenvalue weighted by atomic mass is 10.2. The van der Waals surface area contributed by atoms with Crippen LogP contribution in [0.1, 0.15) is 22.6 Å². The summed E-state index contributed by atoms with van der Waals surface area (Å²) in [5.74, 6) is 2.22. The molecule has 1 aromatic carbocycles. The fourth-order valence-electron chi connectivity index (χ4n) is 1.94. The zero-order valence-electron chi connectivity index (χ0n) is 11.7. The van der Waals surface area contributed by atoms with E-state index in [-0.39, 0.29) is 0 Å². The number of methoxy groups -OCH3 is 1. The third-order valence-corrected chi connectivity index (χ3v) is 3.05. The molecule has 5 heteroatoms. The van der Waals surface area contributed by atoms with Gasteiger partial charge in [0.05, 0.1) is 13.7 Å². The summed E-state index contributed by atoms with van der Waals surface area (Å²) < 4.78 is 13.0. The first-order chi connectivity index (χ1) is 9.74. The number of nitrogens with zero attached hydrogens (tertiary/aromatic N) is 2. The first-order valence-corrected chi connectivity index (χ1v) is 6.48. The Kier molecular flexibility index (Phi) is 4.76. The van der Waals surface area contributed by atoms with Gasteiger partial charge in [-0.05, 0) is 31.5 Å². The highest BCUT2D eigenvalue weighted by molar-refractivity contribution is 5.76. The molecule has 0 amide bonds. The highest BCUT2D eigenvalue weighted by atomic mass is 16.5. The van der Waals surface area contributed by atoms with Gasteiger partial charge in [-0.25, -0.2) is 4.98 Å². The molecule has 2 rings (SSSR count). The van der Waals surface area contributed by atoms with Gasteiger partial charge in [0.25, 0.3) is 0 Å². The molecule has 0 aliphatic heterocycles. The average molecular weight is 274 g/mol. The minimum absolute atomic E-state index is 0.552. The van der Waals surface area contributed by atoms with Gasteiger partial charge in [-0.1, -0.05) is 0 Å². The molecule has 106 valence electrons. The summed E-state index contributed by atoms with van der Waals surface area (Å²) in [6, 6.07) is 5.13. The second-order valence-corrected chi connectivity index (χ2v) is 4.40. The quantitative estimate of drug-likeness (QED) is 0.575. The van der Waals surface area contributed by atoms with Gasteiger partial charge in [-0.2, -0.15) is 0 Å². The van der Waals surface area contributed by atoms with Gasteiger partial charge in [0.1, 0.15) is 12.1 Å². The zero-order valence-corrected chi connectivity index (χ0v) is 11.7. The van der Waals surface area contributed by atoms with E-state index >= 15 is 0 Å². The summed E-state index contributed by atoms with van der Waals surface area (Å²) in [5.41, 5.74) is 0.575. The first-order valence-electron chi connectivity index (χ1n) is 6.48. The van der Waals surface area contributed by atoms with Crippen molar-refractivity contribution < 1.29 is 14.3 Å². The van der Waals surface area contributed by atoms with Gasteiger partial charge in [-0.15, -0.1) is 0 Å². The Morgan fingerprint density at radius 2 is 2.20 bits per heavy atom. The van der Waals surface area contributed by atoms with Crippen molar-refractivity contribution in [1.82, 2.24) is 9.55 Å². The number of aryl methyl sites for hydroxylation is 2. The largest absolute Gasteiger partial charge is 0.493 e. The summed E-state index contributed by atoms with van der Waals surface area (Å²) in [5, 5.41) is 0. The Hall–Kier alpha value is -2.30. The topological polar surface area (TPSA) is 53.4 Å². The van der Waals surface area contributed by atoms with E-state index in [1.807, 2.05) is 13.1 Å². The number of hydrogen-bond donors (Lipinski definition) is 0. The highest BCUT2D eigenvalue weighted by Gasteiger charge is 2.05. The summed E-state index contributed by atoms with van der Waals surface area (Å²) in [6.45, 7) is 3.37. The van der Waals surface area contributed by atoms with E-state index in [0.717, 1.165) is 25.1 Å². The first kappa shape index (κ1) is 14.1. The van der Waals surface area contributed by atoms with Gasteiger partial charge in [-0.3, -0.25) is 4.79 Å². The van der Waals surface area contributed by atoms with Crippen molar-refractivity contribution in [2.45, 2.75) is 19.9 Å². The predicted molar refractivity (Wildman–Crippen MR) is 75.5 cm³/mol. The summed E-state index contributed by atoms with van der Waals surface area (Å²) >= 11 is 0. The normalized spacial score (nSPS) is 10.3. The van der Waals surface area contributed by atoms with Crippen molar-refractivity contribution in [2.75, 3.05) is 13.7 Å². The second-order valence-electron chi connectivity index (χ2n) is 4.40. The van der Waals surface area contributed by atoms with Crippen molar-refractivity contribution in [2.24, 2.45) is 0 Å². The Bertz CT molecular complexity index is 578. The van der Waals surface area contributed by atoms with Crippen LogP contribution in [0.5, 0.6) is 11.5 Å².